The molecule has 0 radical (unpaired) electrons. The minimum Gasteiger partial charge on any atom is -0.383 e. The SMILES string of the molecule is COCC(C)Nc1nccnc1C. The van der Waals surface area contributed by atoms with Crippen molar-refractivity contribution in [2.75, 3.05) is 19.0 Å². The third-order valence-corrected chi connectivity index (χ3v) is 1.68. The topological polar surface area (TPSA) is 47.0 Å². The summed E-state index contributed by atoms with van der Waals surface area (Å²) < 4.78 is 5.01. The molecule has 72 valence electrons. The van der Waals surface area contributed by atoms with E-state index in [0.717, 1.165) is 11.5 Å². The van der Waals surface area contributed by atoms with Crippen molar-refractivity contribution in [3.05, 3.63) is 18.1 Å². The Bertz CT molecular complexity index is 265. The van der Waals surface area contributed by atoms with Gasteiger partial charge in [0.15, 0.2) is 0 Å². The molecule has 1 aromatic heterocycles. The van der Waals surface area contributed by atoms with Gasteiger partial charge < -0.3 is 10.1 Å². The third-order valence-electron chi connectivity index (χ3n) is 1.68. The lowest BCUT2D eigenvalue weighted by Gasteiger charge is -2.13. The zero-order valence-corrected chi connectivity index (χ0v) is 8.24. The second-order valence-electron chi connectivity index (χ2n) is 2.99. The molecule has 1 rings (SSSR count). The molecule has 4 heteroatoms. The van der Waals surface area contributed by atoms with E-state index in [1.54, 1.807) is 19.5 Å². The maximum absolute atomic E-state index is 5.01. The average Bonchev–Trinajstić information content (AvgIpc) is 2.09. The van der Waals surface area contributed by atoms with Gasteiger partial charge in [0.05, 0.1) is 12.3 Å². The predicted molar refractivity (Wildman–Crippen MR) is 51.7 cm³/mol. The van der Waals surface area contributed by atoms with E-state index in [-0.39, 0.29) is 6.04 Å². The highest BCUT2D eigenvalue weighted by Gasteiger charge is 2.04. The molecule has 0 aliphatic heterocycles. The number of aryl methyl sites for hydroxylation is 1. The monoisotopic (exact) mass is 181 g/mol. The molecule has 0 amide bonds. The lowest BCUT2D eigenvalue weighted by molar-refractivity contribution is 0.190. The van der Waals surface area contributed by atoms with Crippen molar-refractivity contribution in [3.63, 3.8) is 0 Å². The zero-order chi connectivity index (χ0) is 9.68. The number of rotatable bonds is 4. The van der Waals surface area contributed by atoms with Crippen LogP contribution in [0, 0.1) is 6.92 Å². The van der Waals surface area contributed by atoms with Gasteiger partial charge in [-0.05, 0) is 13.8 Å². The predicted octanol–water partition coefficient (Wildman–Crippen LogP) is 1.23. The number of nitrogens with one attached hydrogen (secondary N) is 1. The highest BCUT2D eigenvalue weighted by Crippen LogP contribution is 2.07. The summed E-state index contributed by atoms with van der Waals surface area (Å²) in [6.45, 7) is 4.63. The van der Waals surface area contributed by atoms with Crippen molar-refractivity contribution in [2.45, 2.75) is 19.9 Å². The van der Waals surface area contributed by atoms with Gasteiger partial charge in [-0.2, -0.15) is 0 Å². The molecule has 0 saturated carbocycles. The number of methoxy groups -OCH3 is 1. The van der Waals surface area contributed by atoms with E-state index in [2.05, 4.69) is 15.3 Å². The Hall–Kier alpha value is -1.16. The van der Waals surface area contributed by atoms with Gasteiger partial charge in [-0.3, -0.25) is 4.98 Å². The molecule has 0 spiro atoms. The Balaban J connectivity index is 2.58. The molecule has 0 aliphatic rings. The summed E-state index contributed by atoms with van der Waals surface area (Å²) in [5, 5.41) is 3.21. The Morgan fingerprint density at radius 2 is 2.15 bits per heavy atom. The maximum atomic E-state index is 5.01. The van der Waals surface area contributed by atoms with Gasteiger partial charge in [-0.25, -0.2) is 4.98 Å². The summed E-state index contributed by atoms with van der Waals surface area (Å²) in [5.74, 6) is 0.826. The van der Waals surface area contributed by atoms with E-state index >= 15 is 0 Å². The normalized spacial score (nSPS) is 12.5. The fraction of sp³-hybridized carbons (Fsp3) is 0.556. The zero-order valence-electron chi connectivity index (χ0n) is 8.24. The highest BCUT2D eigenvalue weighted by molar-refractivity contribution is 5.39. The van der Waals surface area contributed by atoms with Gasteiger partial charge in [0.2, 0.25) is 0 Å². The van der Waals surface area contributed by atoms with E-state index in [0.29, 0.717) is 6.61 Å². The van der Waals surface area contributed by atoms with Gasteiger partial charge in [-0.1, -0.05) is 0 Å². The summed E-state index contributed by atoms with van der Waals surface area (Å²) in [4.78, 5) is 8.30. The van der Waals surface area contributed by atoms with Gasteiger partial charge in [0, 0.05) is 25.5 Å². The fourth-order valence-electron chi connectivity index (χ4n) is 1.07. The third kappa shape index (κ3) is 2.99. The number of ether oxygens (including phenoxy) is 1. The second-order valence-corrected chi connectivity index (χ2v) is 2.99. The van der Waals surface area contributed by atoms with Crippen LogP contribution in [0.1, 0.15) is 12.6 Å². The van der Waals surface area contributed by atoms with Gasteiger partial charge in [0.1, 0.15) is 5.82 Å². The van der Waals surface area contributed by atoms with Crippen molar-refractivity contribution in [1.29, 1.82) is 0 Å². The molecule has 1 heterocycles. The van der Waals surface area contributed by atoms with Crippen molar-refractivity contribution in [3.8, 4) is 0 Å². The van der Waals surface area contributed by atoms with Crippen molar-refractivity contribution in [2.24, 2.45) is 0 Å². The molecule has 1 N–H and O–H groups in total. The molecule has 1 aromatic rings. The summed E-state index contributed by atoms with van der Waals surface area (Å²) >= 11 is 0. The van der Waals surface area contributed by atoms with Gasteiger partial charge in [-0.15, -0.1) is 0 Å². The van der Waals surface area contributed by atoms with E-state index in [4.69, 9.17) is 4.74 Å². The molecule has 13 heavy (non-hydrogen) atoms. The van der Waals surface area contributed by atoms with Crippen LogP contribution in [-0.4, -0.2) is 29.7 Å². The average molecular weight is 181 g/mol. The molecule has 0 aromatic carbocycles. The Labute approximate surface area is 78.4 Å². The minimum absolute atomic E-state index is 0.250. The minimum atomic E-state index is 0.250. The van der Waals surface area contributed by atoms with E-state index in [1.165, 1.54) is 0 Å². The molecule has 0 bridgehead atoms. The quantitative estimate of drug-likeness (QED) is 0.759. The molecule has 4 nitrogen and oxygen atoms in total. The number of anilines is 1. The lowest BCUT2D eigenvalue weighted by Crippen LogP contribution is -2.22. The van der Waals surface area contributed by atoms with E-state index < -0.39 is 0 Å². The standard InChI is InChI=1S/C9H15N3O/c1-7(6-13-3)12-9-8(2)10-4-5-11-9/h4-5,7H,6H2,1-3H3,(H,11,12). The van der Waals surface area contributed by atoms with Crippen LogP contribution in [0.5, 0.6) is 0 Å². The molecular weight excluding hydrogens is 166 g/mol. The molecule has 0 fully saturated rings. The summed E-state index contributed by atoms with van der Waals surface area (Å²) in [7, 11) is 1.68. The summed E-state index contributed by atoms with van der Waals surface area (Å²) in [6, 6.07) is 0.250. The van der Waals surface area contributed by atoms with Gasteiger partial charge >= 0.3 is 0 Å². The van der Waals surface area contributed by atoms with Crippen LogP contribution in [-0.2, 0) is 4.74 Å². The van der Waals surface area contributed by atoms with Crippen molar-refractivity contribution < 1.29 is 4.74 Å². The van der Waals surface area contributed by atoms with Crippen LogP contribution in [0.25, 0.3) is 0 Å². The number of hydrogen-bond acceptors (Lipinski definition) is 4. The Kier molecular flexibility index (Phi) is 3.64. The number of nitrogens with zero attached hydrogens (tertiary/aromatic N) is 2. The summed E-state index contributed by atoms with van der Waals surface area (Å²) in [5.41, 5.74) is 0.908. The van der Waals surface area contributed by atoms with Crippen LogP contribution in [0.2, 0.25) is 0 Å². The molecule has 0 aliphatic carbocycles. The Morgan fingerprint density at radius 3 is 2.77 bits per heavy atom. The number of hydrogen-bond donors (Lipinski definition) is 1. The van der Waals surface area contributed by atoms with Crippen molar-refractivity contribution >= 4 is 5.82 Å². The molecular formula is C9H15N3O. The van der Waals surface area contributed by atoms with Crippen molar-refractivity contribution in [1.82, 2.24) is 9.97 Å². The first-order chi connectivity index (χ1) is 6.24. The van der Waals surface area contributed by atoms with Crippen LogP contribution in [0.15, 0.2) is 12.4 Å². The highest BCUT2D eigenvalue weighted by atomic mass is 16.5. The molecule has 0 saturated heterocycles. The Morgan fingerprint density at radius 1 is 1.46 bits per heavy atom. The molecule has 1 atom stereocenters. The number of aromatic nitrogens is 2. The van der Waals surface area contributed by atoms with E-state index in [9.17, 15) is 0 Å². The fourth-order valence-corrected chi connectivity index (χ4v) is 1.07. The van der Waals surface area contributed by atoms with Crippen LogP contribution >= 0.6 is 0 Å². The smallest absolute Gasteiger partial charge is 0.147 e. The van der Waals surface area contributed by atoms with E-state index in [1.807, 2.05) is 13.8 Å². The first kappa shape index (κ1) is 9.92. The van der Waals surface area contributed by atoms with Crippen LogP contribution < -0.4 is 5.32 Å². The first-order valence-corrected chi connectivity index (χ1v) is 4.27. The second kappa shape index (κ2) is 4.77. The van der Waals surface area contributed by atoms with Crippen LogP contribution in [0.3, 0.4) is 0 Å². The molecule has 1 unspecified atom stereocenters. The van der Waals surface area contributed by atoms with Crippen LogP contribution in [0.4, 0.5) is 5.82 Å². The first-order valence-electron chi connectivity index (χ1n) is 4.27. The summed E-state index contributed by atoms with van der Waals surface area (Å²) in [6.07, 6.45) is 3.36. The van der Waals surface area contributed by atoms with Gasteiger partial charge in [0.25, 0.3) is 0 Å². The largest absolute Gasteiger partial charge is 0.383 e. The lowest BCUT2D eigenvalue weighted by atomic mass is 10.3. The maximum Gasteiger partial charge on any atom is 0.147 e.